The zero-order valence-corrected chi connectivity index (χ0v) is 43.8. The number of methoxy groups -OCH3 is 2. The molecule has 1 aromatic heterocycles. The number of aryl methyl sites for hydroxylation is 1. The highest BCUT2D eigenvalue weighted by Crippen LogP contribution is 2.42. The second-order valence-corrected chi connectivity index (χ2v) is 21.8. The minimum Gasteiger partial charge on any atom is -0.459 e. The maximum Gasteiger partial charge on any atom is 0.311 e. The molecular weight excluding hydrogens is 921 g/mol. The van der Waals surface area contributed by atoms with E-state index in [1.807, 2.05) is 32.8 Å². The van der Waals surface area contributed by atoms with E-state index in [4.69, 9.17) is 43.4 Å². The van der Waals surface area contributed by atoms with Gasteiger partial charge in [0.15, 0.2) is 18.4 Å². The van der Waals surface area contributed by atoms with E-state index >= 15 is 0 Å². The lowest BCUT2D eigenvalue weighted by Gasteiger charge is -2.50. The topological polar surface area (TPSA) is 281 Å². The van der Waals surface area contributed by atoms with Gasteiger partial charge in [-0.15, -0.1) is 0 Å². The number of ether oxygens (including phenoxy) is 7. The van der Waals surface area contributed by atoms with Crippen LogP contribution in [-0.2, 0) is 52.8 Å². The highest BCUT2D eigenvalue weighted by atomic mass is 32.2. The molecule has 0 aliphatic carbocycles. The van der Waals surface area contributed by atoms with Gasteiger partial charge in [0.25, 0.3) is 10.0 Å². The smallest absolute Gasteiger partial charge is 0.311 e. The van der Waals surface area contributed by atoms with Gasteiger partial charge in [0.05, 0.1) is 52.5 Å². The van der Waals surface area contributed by atoms with Gasteiger partial charge in [-0.1, -0.05) is 32.9 Å². The number of nitrogens with two attached hydrogens (primary N) is 1. The van der Waals surface area contributed by atoms with E-state index in [0.29, 0.717) is 17.9 Å². The van der Waals surface area contributed by atoms with Crippen molar-refractivity contribution in [2.75, 3.05) is 38.8 Å². The second-order valence-electron chi connectivity index (χ2n) is 20.1. The van der Waals surface area contributed by atoms with Crippen molar-refractivity contribution in [1.29, 1.82) is 0 Å². The fourth-order valence-electron chi connectivity index (χ4n) is 9.84. The summed E-state index contributed by atoms with van der Waals surface area (Å²) >= 11 is 0. The molecule has 0 bridgehead atoms. The quantitative estimate of drug-likeness (QED) is 0.138. The third-order valence-electron chi connectivity index (χ3n) is 14.3. The molecule has 7 N–H and O–H groups in total. The van der Waals surface area contributed by atoms with Crippen LogP contribution in [0.1, 0.15) is 101 Å². The van der Waals surface area contributed by atoms with Crippen LogP contribution in [0, 0.1) is 30.6 Å². The number of hydrogen-bond donors (Lipinski definition) is 6. The highest BCUT2D eigenvalue weighted by Gasteiger charge is 2.54. The first-order chi connectivity index (χ1) is 32.0. The first-order valence-corrected chi connectivity index (χ1v) is 25.2. The average molecular weight is 1000 g/mol. The van der Waals surface area contributed by atoms with Crippen LogP contribution in [0.25, 0.3) is 0 Å². The summed E-state index contributed by atoms with van der Waals surface area (Å²) < 4.78 is 74.7. The van der Waals surface area contributed by atoms with E-state index in [0.717, 1.165) is 0 Å². The number of esters is 1. The van der Waals surface area contributed by atoms with Crippen molar-refractivity contribution in [3.8, 4) is 0 Å². The highest BCUT2D eigenvalue weighted by molar-refractivity contribution is 7.92. The zero-order chi connectivity index (χ0) is 52.1. The third-order valence-corrected chi connectivity index (χ3v) is 15.7. The van der Waals surface area contributed by atoms with Crippen LogP contribution in [0.5, 0.6) is 0 Å². The number of carbonyl (C=O) groups excluding carboxylic acids is 2. The van der Waals surface area contributed by atoms with Crippen molar-refractivity contribution in [2.45, 2.75) is 191 Å². The van der Waals surface area contributed by atoms with Gasteiger partial charge in [-0.25, -0.2) is 8.42 Å². The van der Waals surface area contributed by atoms with Crippen molar-refractivity contribution in [1.82, 2.24) is 10.1 Å². The molecule has 0 amide bonds. The average Bonchev–Trinajstić information content (AvgIpc) is 3.70. The number of sulfonamides is 1. The van der Waals surface area contributed by atoms with Crippen LogP contribution >= 0.6 is 0 Å². The number of Topliss-reactive ketones (excluding diaryl/α,β-unsaturated/α-hetero) is 1. The maximum atomic E-state index is 14.2. The number of carbonyl (C=O) groups is 2. The summed E-state index contributed by atoms with van der Waals surface area (Å²) in [5, 5.41) is 49.1. The zero-order valence-electron chi connectivity index (χ0n) is 42.9. The van der Waals surface area contributed by atoms with Gasteiger partial charge < -0.3 is 68.7 Å². The minimum atomic E-state index is -3.64. The number of anilines is 2. The molecule has 3 fully saturated rings. The molecule has 1 aromatic carbocycles. The predicted molar refractivity (Wildman–Crippen MR) is 254 cm³/mol. The number of nitrogens with zero attached hydrogens (tertiary/aromatic N) is 2. The van der Waals surface area contributed by atoms with Gasteiger partial charge in [0, 0.05) is 56.2 Å². The third kappa shape index (κ3) is 13.6. The summed E-state index contributed by atoms with van der Waals surface area (Å²) in [6.07, 6.45) is -8.73. The Morgan fingerprint density at radius 1 is 0.899 bits per heavy atom. The standard InChI is InChI=1S/C38H69NO13.C10H11N3O3S/c1-15-26-38(10,45)31(42)21(4)28(40)19(2)17-37(9,47-14)33(52-35-29(41)25(39(11)12)16-20(3)48-35)22(5)30(23(6)34(44)50-26)51-27-18-36(8,46-13)32(43)24(7)49-27;1-7-6-10(12-16-7)13-17(14,15)9-4-2-8(11)3-5-9/h19-27,29-33,35,41-43,45H,15-18H2,1-14H3;2-6H,11H2,1H3,(H,12,13)/t19-,20-,21+,22?,23-,24+,25+,26-,27+,29-,30+,31-,32+,33-,35+,36-,37-,38-;/m1./s1. The largest absolute Gasteiger partial charge is 0.459 e. The van der Waals surface area contributed by atoms with E-state index in [9.17, 15) is 38.4 Å². The van der Waals surface area contributed by atoms with Gasteiger partial charge in [-0.05, 0) is 106 Å². The molecule has 0 radical (unpaired) electrons. The molecule has 3 aliphatic heterocycles. The lowest BCUT2D eigenvalue weighted by Crippen LogP contribution is -2.61. The van der Waals surface area contributed by atoms with Crippen molar-refractivity contribution in [3.63, 3.8) is 0 Å². The van der Waals surface area contributed by atoms with Crippen molar-refractivity contribution >= 4 is 33.3 Å². The van der Waals surface area contributed by atoms with E-state index in [1.165, 1.54) is 51.5 Å². The summed E-state index contributed by atoms with van der Waals surface area (Å²) in [5.74, 6) is -3.79. The Labute approximate surface area is 407 Å². The molecule has 3 saturated heterocycles. The number of aliphatic hydroxyl groups is 4. The summed E-state index contributed by atoms with van der Waals surface area (Å²) in [5.41, 5.74) is 1.74. The first-order valence-electron chi connectivity index (χ1n) is 23.7. The molecule has 0 spiro atoms. The Bertz CT molecular complexity index is 2090. The summed E-state index contributed by atoms with van der Waals surface area (Å²) in [4.78, 5) is 30.2. The van der Waals surface area contributed by atoms with E-state index < -0.39 is 112 Å². The molecule has 5 rings (SSSR count). The van der Waals surface area contributed by atoms with Gasteiger partial charge in [0.2, 0.25) is 0 Å². The Hall–Kier alpha value is -3.32. The first kappa shape index (κ1) is 58.3. The number of cyclic esters (lactones) is 1. The molecule has 18 atom stereocenters. The molecule has 21 heteroatoms. The molecular formula is C48H80N4O16S. The number of nitrogen functional groups attached to an aromatic ring is 1. The normalized spacial score (nSPS) is 39.7. The molecule has 69 heavy (non-hydrogen) atoms. The number of aliphatic hydroxyl groups excluding tert-OH is 3. The Morgan fingerprint density at radius 3 is 2.04 bits per heavy atom. The summed E-state index contributed by atoms with van der Waals surface area (Å²) in [6.45, 7) is 18.7. The molecule has 4 heterocycles. The van der Waals surface area contributed by atoms with Crippen LogP contribution < -0.4 is 10.5 Å². The van der Waals surface area contributed by atoms with Gasteiger partial charge in [-0.2, -0.15) is 0 Å². The van der Waals surface area contributed by atoms with Crippen molar-refractivity contribution < 1.29 is 76.1 Å². The number of nitrogens with one attached hydrogen (secondary N) is 1. The van der Waals surface area contributed by atoms with Crippen molar-refractivity contribution in [2.24, 2.45) is 23.7 Å². The van der Waals surface area contributed by atoms with Crippen molar-refractivity contribution in [3.05, 3.63) is 36.1 Å². The fraction of sp³-hybridized carbons (Fsp3) is 0.771. The van der Waals surface area contributed by atoms with Crippen LogP contribution in [0.3, 0.4) is 0 Å². The van der Waals surface area contributed by atoms with Crippen LogP contribution in [0.2, 0.25) is 0 Å². The number of rotatable bonds is 11. The van der Waals surface area contributed by atoms with E-state index in [-0.39, 0.29) is 47.9 Å². The van der Waals surface area contributed by atoms with Gasteiger partial charge in [0.1, 0.15) is 35.5 Å². The summed E-state index contributed by atoms with van der Waals surface area (Å²) in [6, 6.07) is 7.09. The lowest BCUT2D eigenvalue weighted by molar-refractivity contribution is -0.319. The molecule has 20 nitrogen and oxygen atoms in total. The van der Waals surface area contributed by atoms with Crippen LogP contribution in [0.15, 0.2) is 39.8 Å². The monoisotopic (exact) mass is 1000 g/mol. The SMILES string of the molecule is CC[C@H]1OC(=O)[C@H](C)[C@@H](O[C@H]2C[C@@](C)(OC)[C@@H](O)[C@H](C)O2)C(C)[C@@H](O[C@@H]2O[C@H](C)C[C@H](N(C)C)[C@H]2O)[C@](C)(OC)C[C@@H](C)C(=O)[C@H](C)[C@@H](O)[C@]1(C)O.Cc1cc(NS(=O)(=O)c2ccc(N)cc2)no1. The molecule has 1 unspecified atom stereocenters. The maximum absolute atomic E-state index is 14.2. The number of ketones is 1. The Kier molecular flexibility index (Phi) is 19.8. The van der Waals surface area contributed by atoms with Gasteiger partial charge in [-0.3, -0.25) is 14.3 Å². The molecule has 3 aliphatic rings. The Balaban J connectivity index is 0.000000507. The van der Waals surface area contributed by atoms with Gasteiger partial charge >= 0.3 is 5.97 Å². The number of hydrogen-bond acceptors (Lipinski definition) is 19. The fourth-order valence-corrected chi connectivity index (χ4v) is 10.8. The Morgan fingerprint density at radius 2 is 1.51 bits per heavy atom. The van der Waals surface area contributed by atoms with Crippen LogP contribution in [0.4, 0.5) is 11.5 Å². The molecule has 394 valence electrons. The van der Waals surface area contributed by atoms with Crippen LogP contribution in [-0.4, -0.2) is 163 Å². The minimum absolute atomic E-state index is 0.111. The molecule has 2 aromatic rings. The summed E-state index contributed by atoms with van der Waals surface area (Å²) in [7, 11) is 3.12. The van der Waals surface area contributed by atoms with E-state index in [2.05, 4.69) is 9.88 Å². The molecule has 0 saturated carbocycles. The number of benzene rings is 1. The number of likely N-dealkylation sites (N-methyl/N-ethyl adjacent to an activating group) is 1. The lowest BCUT2D eigenvalue weighted by atomic mass is 9.74. The van der Waals surface area contributed by atoms with E-state index in [1.54, 1.807) is 55.4 Å². The second kappa shape index (κ2) is 23.5. The number of aromatic nitrogens is 1. The predicted octanol–water partition coefficient (Wildman–Crippen LogP) is 3.81.